The standard InChI is InChI=1S/C63H125NO5/c1-3-5-7-9-11-13-15-16-30-34-37-41-45-49-53-57-63(68)69-58-54-50-46-42-38-35-32-29-27-25-23-21-19-17-18-20-22-24-26-28-31-33-36-40-44-48-52-56-62(67)64-60(59-65)61(66)55-51-47-43-39-14-12-10-8-6-4-2/h60-61,65-66H,3-59H2,1-2H3,(H,64,67). The number of carbonyl (C=O) groups is 2. The Morgan fingerprint density at radius 2 is 0.594 bits per heavy atom. The Labute approximate surface area is 432 Å². The van der Waals surface area contributed by atoms with Gasteiger partial charge in [0.05, 0.1) is 25.4 Å². The number of aliphatic hydroxyl groups excluding tert-OH is 2. The van der Waals surface area contributed by atoms with Crippen LogP contribution in [0, 0.1) is 0 Å². The molecule has 2 atom stereocenters. The third-order valence-electron chi connectivity index (χ3n) is 15.2. The van der Waals surface area contributed by atoms with Gasteiger partial charge in [0.2, 0.25) is 5.91 Å². The summed E-state index contributed by atoms with van der Waals surface area (Å²) in [6.45, 7) is 4.97. The fraction of sp³-hybridized carbons (Fsp3) is 0.968. The highest BCUT2D eigenvalue weighted by Gasteiger charge is 2.20. The van der Waals surface area contributed by atoms with Crippen LogP contribution in [0.4, 0.5) is 0 Å². The van der Waals surface area contributed by atoms with E-state index in [9.17, 15) is 19.8 Å². The van der Waals surface area contributed by atoms with Crippen molar-refractivity contribution < 1.29 is 24.5 Å². The zero-order valence-corrected chi connectivity index (χ0v) is 47.1. The van der Waals surface area contributed by atoms with E-state index >= 15 is 0 Å². The van der Waals surface area contributed by atoms with E-state index in [1.165, 1.54) is 295 Å². The Balaban J connectivity index is 3.30. The lowest BCUT2D eigenvalue weighted by Gasteiger charge is -2.22. The van der Waals surface area contributed by atoms with Crippen molar-refractivity contribution in [2.45, 2.75) is 379 Å². The molecule has 0 aliphatic heterocycles. The van der Waals surface area contributed by atoms with Crippen molar-refractivity contribution >= 4 is 11.9 Å². The van der Waals surface area contributed by atoms with Gasteiger partial charge < -0.3 is 20.3 Å². The molecule has 0 spiro atoms. The van der Waals surface area contributed by atoms with Gasteiger partial charge in [-0.15, -0.1) is 0 Å². The van der Waals surface area contributed by atoms with Gasteiger partial charge in [-0.2, -0.15) is 0 Å². The lowest BCUT2D eigenvalue weighted by atomic mass is 10.0. The van der Waals surface area contributed by atoms with Crippen molar-refractivity contribution in [1.82, 2.24) is 5.32 Å². The molecule has 6 heteroatoms. The molecular formula is C63H125NO5. The topological polar surface area (TPSA) is 95.9 Å². The third kappa shape index (κ3) is 56.0. The molecule has 0 aromatic rings. The van der Waals surface area contributed by atoms with Crippen LogP contribution in [0.3, 0.4) is 0 Å². The van der Waals surface area contributed by atoms with Crippen LogP contribution in [0.15, 0.2) is 0 Å². The lowest BCUT2D eigenvalue weighted by molar-refractivity contribution is -0.143. The molecular weight excluding hydrogens is 851 g/mol. The first-order valence-corrected chi connectivity index (χ1v) is 31.8. The molecule has 0 aromatic heterocycles. The zero-order valence-electron chi connectivity index (χ0n) is 47.1. The molecule has 6 nitrogen and oxygen atoms in total. The second-order valence-electron chi connectivity index (χ2n) is 22.1. The summed E-state index contributed by atoms with van der Waals surface area (Å²) in [5.41, 5.74) is 0. The highest BCUT2D eigenvalue weighted by Crippen LogP contribution is 2.19. The maximum absolute atomic E-state index is 12.4. The summed E-state index contributed by atoms with van der Waals surface area (Å²) >= 11 is 0. The summed E-state index contributed by atoms with van der Waals surface area (Å²) in [5, 5.41) is 23.2. The monoisotopic (exact) mass is 976 g/mol. The lowest BCUT2D eigenvalue weighted by Crippen LogP contribution is -2.45. The van der Waals surface area contributed by atoms with Crippen molar-refractivity contribution in [1.29, 1.82) is 0 Å². The van der Waals surface area contributed by atoms with Gasteiger partial charge in [-0.25, -0.2) is 0 Å². The van der Waals surface area contributed by atoms with E-state index in [1.54, 1.807) is 0 Å². The summed E-state index contributed by atoms with van der Waals surface area (Å²) < 4.78 is 5.50. The Kier molecular flexibility index (Phi) is 58.4. The number of unbranched alkanes of at least 4 members (excludes halogenated alkanes) is 49. The average molecular weight is 977 g/mol. The van der Waals surface area contributed by atoms with Crippen LogP contribution >= 0.6 is 0 Å². The first kappa shape index (κ1) is 67.9. The second-order valence-corrected chi connectivity index (χ2v) is 22.1. The highest BCUT2D eigenvalue weighted by molar-refractivity contribution is 5.76. The molecule has 0 heterocycles. The molecule has 0 saturated carbocycles. The van der Waals surface area contributed by atoms with Crippen molar-refractivity contribution in [3.8, 4) is 0 Å². The maximum Gasteiger partial charge on any atom is 0.305 e. The smallest absolute Gasteiger partial charge is 0.305 e. The van der Waals surface area contributed by atoms with E-state index in [2.05, 4.69) is 19.2 Å². The molecule has 412 valence electrons. The van der Waals surface area contributed by atoms with Crippen molar-refractivity contribution in [2.24, 2.45) is 0 Å². The van der Waals surface area contributed by atoms with Crippen LogP contribution in [0.1, 0.15) is 367 Å². The average Bonchev–Trinajstić information content (AvgIpc) is 3.35. The summed E-state index contributed by atoms with van der Waals surface area (Å²) in [7, 11) is 0. The number of hydrogen-bond acceptors (Lipinski definition) is 5. The van der Waals surface area contributed by atoms with Crippen LogP contribution in [0.2, 0.25) is 0 Å². The van der Waals surface area contributed by atoms with Gasteiger partial charge >= 0.3 is 5.97 Å². The Morgan fingerprint density at radius 3 is 0.884 bits per heavy atom. The quantitative estimate of drug-likeness (QED) is 0.0417. The minimum absolute atomic E-state index is 0.0218. The minimum atomic E-state index is -0.659. The van der Waals surface area contributed by atoms with Gasteiger partial charge in [-0.05, 0) is 25.7 Å². The second kappa shape index (κ2) is 59.4. The number of carbonyl (C=O) groups excluding carboxylic acids is 2. The Bertz CT molecular complexity index is 990. The summed E-state index contributed by atoms with van der Waals surface area (Å²) in [6.07, 6.45) is 69.9. The number of amides is 1. The molecule has 0 aromatic carbocycles. The predicted octanol–water partition coefficient (Wildman–Crippen LogP) is 19.9. The molecule has 0 bridgehead atoms. The van der Waals surface area contributed by atoms with E-state index in [0.29, 0.717) is 25.9 Å². The van der Waals surface area contributed by atoms with Crippen LogP contribution in [-0.2, 0) is 14.3 Å². The maximum atomic E-state index is 12.4. The molecule has 0 aliphatic carbocycles. The Morgan fingerprint density at radius 1 is 0.348 bits per heavy atom. The molecule has 2 unspecified atom stereocenters. The van der Waals surface area contributed by atoms with E-state index in [0.717, 1.165) is 38.5 Å². The number of hydrogen-bond donors (Lipinski definition) is 3. The molecule has 69 heavy (non-hydrogen) atoms. The van der Waals surface area contributed by atoms with Crippen LogP contribution in [0.5, 0.6) is 0 Å². The largest absolute Gasteiger partial charge is 0.466 e. The molecule has 0 rings (SSSR count). The Hall–Kier alpha value is -1.14. The number of ether oxygens (including phenoxy) is 1. The number of nitrogens with one attached hydrogen (secondary N) is 1. The zero-order chi connectivity index (χ0) is 50.0. The number of esters is 1. The van der Waals surface area contributed by atoms with E-state index in [-0.39, 0.29) is 18.5 Å². The summed E-state index contributed by atoms with van der Waals surface area (Å²) in [6, 6.07) is -0.536. The van der Waals surface area contributed by atoms with Crippen molar-refractivity contribution in [2.75, 3.05) is 13.2 Å². The molecule has 0 aliphatic rings. The summed E-state index contributed by atoms with van der Waals surface area (Å²) in [4.78, 5) is 24.5. The molecule has 3 N–H and O–H groups in total. The molecule has 0 radical (unpaired) electrons. The van der Waals surface area contributed by atoms with Gasteiger partial charge in [0.25, 0.3) is 0 Å². The van der Waals surface area contributed by atoms with Crippen LogP contribution < -0.4 is 5.32 Å². The normalized spacial score (nSPS) is 12.5. The summed E-state index contributed by atoms with van der Waals surface area (Å²) in [5.74, 6) is -0.00999. The van der Waals surface area contributed by atoms with Gasteiger partial charge in [-0.1, -0.05) is 328 Å². The molecule has 0 saturated heterocycles. The van der Waals surface area contributed by atoms with E-state index in [4.69, 9.17) is 4.74 Å². The SMILES string of the molecule is CCCCCCCCCCCCCCCCCC(=O)OCCCCCCCCCCCCCCCCCCCCCCCCCCCCCC(=O)NC(CO)C(O)CCCCCCCCCCCC. The molecule has 0 fully saturated rings. The van der Waals surface area contributed by atoms with Crippen molar-refractivity contribution in [3.05, 3.63) is 0 Å². The fourth-order valence-electron chi connectivity index (χ4n) is 10.3. The third-order valence-corrected chi connectivity index (χ3v) is 15.2. The minimum Gasteiger partial charge on any atom is -0.466 e. The van der Waals surface area contributed by atoms with Crippen LogP contribution in [-0.4, -0.2) is 47.4 Å². The number of aliphatic hydroxyl groups is 2. The van der Waals surface area contributed by atoms with Crippen LogP contribution in [0.25, 0.3) is 0 Å². The van der Waals surface area contributed by atoms with Crippen molar-refractivity contribution in [3.63, 3.8) is 0 Å². The highest BCUT2D eigenvalue weighted by atomic mass is 16.5. The molecule has 1 amide bonds. The van der Waals surface area contributed by atoms with Gasteiger partial charge in [0, 0.05) is 12.8 Å². The first-order chi connectivity index (χ1) is 34.0. The first-order valence-electron chi connectivity index (χ1n) is 31.8. The number of rotatable bonds is 60. The van der Waals surface area contributed by atoms with Gasteiger partial charge in [0.1, 0.15) is 0 Å². The predicted molar refractivity (Wildman–Crippen MR) is 301 cm³/mol. The fourth-order valence-corrected chi connectivity index (χ4v) is 10.3. The van der Waals surface area contributed by atoms with E-state index in [1.807, 2.05) is 0 Å². The van der Waals surface area contributed by atoms with Gasteiger partial charge in [-0.3, -0.25) is 9.59 Å². The van der Waals surface area contributed by atoms with E-state index < -0.39 is 12.1 Å². The van der Waals surface area contributed by atoms with Gasteiger partial charge in [0.15, 0.2) is 0 Å².